The predicted octanol–water partition coefficient (Wildman–Crippen LogP) is 5.28. The van der Waals surface area contributed by atoms with Crippen molar-refractivity contribution in [2.75, 3.05) is 0 Å². The van der Waals surface area contributed by atoms with Gasteiger partial charge in [0, 0.05) is 4.47 Å². The van der Waals surface area contributed by atoms with Gasteiger partial charge in [0.15, 0.2) is 0 Å². The summed E-state index contributed by atoms with van der Waals surface area (Å²) in [5.74, 6) is -0.930. The van der Waals surface area contributed by atoms with Crippen molar-refractivity contribution in [2.45, 2.75) is 6.92 Å². The van der Waals surface area contributed by atoms with E-state index in [4.69, 9.17) is 0 Å². The first kappa shape index (κ1) is 13.8. The third-order valence-electron chi connectivity index (χ3n) is 3.65. The summed E-state index contributed by atoms with van der Waals surface area (Å²) in [5.41, 5.74) is 3.44. The van der Waals surface area contributed by atoms with E-state index in [2.05, 4.69) is 41.1 Å². The van der Waals surface area contributed by atoms with Crippen LogP contribution in [0, 0.1) is 6.92 Å². The molecule has 3 heteroatoms. The van der Waals surface area contributed by atoms with Crippen LogP contribution in [0.15, 0.2) is 59.1 Å². The quantitative estimate of drug-likeness (QED) is 0.689. The van der Waals surface area contributed by atoms with Crippen molar-refractivity contribution in [1.29, 1.82) is 0 Å². The van der Waals surface area contributed by atoms with E-state index in [1.165, 1.54) is 10.9 Å². The highest BCUT2D eigenvalue weighted by Crippen LogP contribution is 2.32. The lowest BCUT2D eigenvalue weighted by Crippen LogP contribution is -1.98. The summed E-state index contributed by atoms with van der Waals surface area (Å²) in [6.45, 7) is 2.08. The second-order valence-corrected chi connectivity index (χ2v) is 5.83. The minimum atomic E-state index is -0.930. The number of carboxylic acids is 1. The van der Waals surface area contributed by atoms with Crippen molar-refractivity contribution in [2.24, 2.45) is 0 Å². The fourth-order valence-corrected chi connectivity index (χ4v) is 2.97. The zero-order valence-electron chi connectivity index (χ0n) is 11.4. The number of rotatable bonds is 2. The fourth-order valence-electron chi connectivity index (χ4n) is 2.56. The molecule has 0 aliphatic rings. The predicted molar refractivity (Wildman–Crippen MR) is 88.8 cm³/mol. The van der Waals surface area contributed by atoms with Gasteiger partial charge in [-0.1, -0.05) is 42.5 Å². The van der Waals surface area contributed by atoms with Crippen LogP contribution in [-0.4, -0.2) is 11.1 Å². The smallest absolute Gasteiger partial charge is 0.336 e. The number of hydrogen-bond donors (Lipinski definition) is 1. The topological polar surface area (TPSA) is 37.3 Å². The monoisotopic (exact) mass is 340 g/mol. The lowest BCUT2D eigenvalue weighted by molar-refractivity contribution is 0.0696. The Morgan fingerprint density at radius 3 is 2.43 bits per heavy atom. The first-order valence-electron chi connectivity index (χ1n) is 6.59. The summed E-state index contributed by atoms with van der Waals surface area (Å²) in [5, 5.41) is 11.6. The van der Waals surface area contributed by atoms with E-state index in [0.29, 0.717) is 4.47 Å². The van der Waals surface area contributed by atoms with Gasteiger partial charge in [0.2, 0.25) is 0 Å². The molecule has 0 bridgehead atoms. The van der Waals surface area contributed by atoms with E-state index >= 15 is 0 Å². The molecule has 0 saturated carbocycles. The maximum absolute atomic E-state index is 11.3. The van der Waals surface area contributed by atoms with Gasteiger partial charge in [0.1, 0.15) is 0 Å². The highest BCUT2D eigenvalue weighted by molar-refractivity contribution is 9.10. The minimum absolute atomic E-state index is 0.275. The van der Waals surface area contributed by atoms with Crippen molar-refractivity contribution in [3.8, 4) is 11.1 Å². The zero-order chi connectivity index (χ0) is 15.0. The van der Waals surface area contributed by atoms with Gasteiger partial charge in [-0.25, -0.2) is 4.79 Å². The van der Waals surface area contributed by atoms with E-state index in [-0.39, 0.29) is 5.56 Å². The van der Waals surface area contributed by atoms with Crippen LogP contribution in [0.1, 0.15) is 15.9 Å². The van der Waals surface area contributed by atoms with Gasteiger partial charge in [-0.2, -0.15) is 0 Å². The first-order chi connectivity index (χ1) is 10.1. The first-order valence-corrected chi connectivity index (χ1v) is 7.39. The number of halogens is 1. The maximum atomic E-state index is 11.3. The summed E-state index contributed by atoms with van der Waals surface area (Å²) in [6, 6.07) is 17.7. The molecule has 0 aliphatic heterocycles. The number of aromatic carboxylic acids is 1. The molecule has 3 aromatic rings. The largest absolute Gasteiger partial charge is 0.478 e. The fraction of sp³-hybridized carbons (Fsp3) is 0.0556. The van der Waals surface area contributed by atoms with Gasteiger partial charge in [0.05, 0.1) is 5.56 Å². The van der Waals surface area contributed by atoms with Crippen LogP contribution in [0.4, 0.5) is 0 Å². The molecule has 0 unspecified atom stereocenters. The van der Waals surface area contributed by atoms with Gasteiger partial charge in [0.25, 0.3) is 0 Å². The van der Waals surface area contributed by atoms with Gasteiger partial charge in [-0.15, -0.1) is 0 Å². The summed E-state index contributed by atoms with van der Waals surface area (Å²) in [7, 11) is 0. The van der Waals surface area contributed by atoms with Crippen LogP contribution in [0.2, 0.25) is 0 Å². The molecular weight excluding hydrogens is 328 g/mol. The van der Waals surface area contributed by atoms with Crippen molar-refractivity contribution >= 4 is 32.7 Å². The van der Waals surface area contributed by atoms with Crippen molar-refractivity contribution in [1.82, 2.24) is 0 Å². The average Bonchev–Trinajstić information content (AvgIpc) is 2.48. The molecule has 0 fully saturated rings. The lowest BCUT2D eigenvalue weighted by Gasteiger charge is -2.10. The van der Waals surface area contributed by atoms with Crippen molar-refractivity contribution < 1.29 is 9.90 Å². The number of fused-ring (bicyclic) bond motifs is 1. The van der Waals surface area contributed by atoms with E-state index in [9.17, 15) is 9.90 Å². The number of carbonyl (C=O) groups is 1. The van der Waals surface area contributed by atoms with Crippen LogP contribution in [0.3, 0.4) is 0 Å². The second-order valence-electron chi connectivity index (χ2n) is 4.98. The summed E-state index contributed by atoms with van der Waals surface area (Å²) in [4.78, 5) is 11.3. The second kappa shape index (κ2) is 5.34. The van der Waals surface area contributed by atoms with Crippen LogP contribution >= 0.6 is 15.9 Å². The Bertz CT molecular complexity index is 853. The molecule has 0 atom stereocenters. The highest BCUT2D eigenvalue weighted by atomic mass is 79.9. The van der Waals surface area contributed by atoms with Crippen LogP contribution in [-0.2, 0) is 0 Å². The molecule has 3 aromatic carbocycles. The van der Waals surface area contributed by atoms with Gasteiger partial charge >= 0.3 is 5.97 Å². The Hall–Kier alpha value is -2.13. The zero-order valence-corrected chi connectivity index (χ0v) is 13.0. The molecule has 0 aliphatic carbocycles. The van der Waals surface area contributed by atoms with Gasteiger partial charge < -0.3 is 5.11 Å². The van der Waals surface area contributed by atoms with E-state index < -0.39 is 5.97 Å². The maximum Gasteiger partial charge on any atom is 0.336 e. The number of aryl methyl sites for hydroxylation is 1. The van der Waals surface area contributed by atoms with Crippen molar-refractivity contribution in [3.05, 3.63) is 70.2 Å². The molecule has 0 spiro atoms. The van der Waals surface area contributed by atoms with Gasteiger partial charge in [-0.05, 0) is 62.4 Å². The number of benzene rings is 3. The molecule has 0 amide bonds. The van der Waals surface area contributed by atoms with Gasteiger partial charge in [-0.3, -0.25) is 0 Å². The number of hydrogen-bond acceptors (Lipinski definition) is 1. The Labute approximate surface area is 131 Å². The Kier molecular flexibility index (Phi) is 3.52. The highest BCUT2D eigenvalue weighted by Gasteiger charge is 2.12. The number of carboxylic acid groups (broad SMARTS) is 1. The molecule has 0 aromatic heterocycles. The SMILES string of the molecule is Cc1ccc(-c2ccc(Br)c(C(=O)O)c2)c2ccccc12. The normalized spacial score (nSPS) is 10.8. The molecule has 104 valence electrons. The Balaban J connectivity index is 2.29. The molecule has 0 radical (unpaired) electrons. The van der Waals surface area contributed by atoms with Crippen LogP contribution in [0.25, 0.3) is 21.9 Å². The summed E-state index contributed by atoms with van der Waals surface area (Å²) >= 11 is 3.28. The molecule has 1 N–H and O–H groups in total. The molecule has 0 heterocycles. The third-order valence-corrected chi connectivity index (χ3v) is 4.34. The van der Waals surface area contributed by atoms with Crippen LogP contribution in [0.5, 0.6) is 0 Å². The van der Waals surface area contributed by atoms with Crippen molar-refractivity contribution in [3.63, 3.8) is 0 Å². The molecule has 2 nitrogen and oxygen atoms in total. The Morgan fingerprint density at radius 1 is 1.00 bits per heavy atom. The average molecular weight is 341 g/mol. The summed E-state index contributed by atoms with van der Waals surface area (Å²) in [6.07, 6.45) is 0. The van der Waals surface area contributed by atoms with Crippen LogP contribution < -0.4 is 0 Å². The van der Waals surface area contributed by atoms with E-state index in [1.807, 2.05) is 24.3 Å². The molecule has 0 saturated heterocycles. The lowest BCUT2D eigenvalue weighted by atomic mass is 9.95. The molecular formula is C18H13BrO2. The molecule has 21 heavy (non-hydrogen) atoms. The summed E-state index contributed by atoms with van der Waals surface area (Å²) < 4.78 is 0.593. The Morgan fingerprint density at radius 2 is 1.71 bits per heavy atom. The standard InChI is InChI=1S/C18H13BrO2/c1-11-6-8-14(15-5-3-2-4-13(11)15)12-7-9-17(19)16(10-12)18(20)21/h2-10H,1H3,(H,20,21). The van der Waals surface area contributed by atoms with E-state index in [0.717, 1.165) is 16.5 Å². The molecule has 3 rings (SSSR count). The minimum Gasteiger partial charge on any atom is -0.478 e. The third kappa shape index (κ3) is 2.45. The van der Waals surface area contributed by atoms with E-state index in [1.54, 1.807) is 12.1 Å².